The molecule has 0 bridgehead atoms. The van der Waals surface area contributed by atoms with Crippen molar-refractivity contribution >= 4 is 12.0 Å². The molecule has 0 heterocycles. The van der Waals surface area contributed by atoms with Crippen LogP contribution in [-0.2, 0) is 9.53 Å². The van der Waals surface area contributed by atoms with Crippen molar-refractivity contribution < 1.29 is 13.9 Å². The van der Waals surface area contributed by atoms with Crippen molar-refractivity contribution in [3.63, 3.8) is 0 Å². The first-order chi connectivity index (χ1) is 8.72. The Morgan fingerprint density at radius 3 is 3.06 bits per heavy atom. The predicted octanol–water partition coefficient (Wildman–Crippen LogP) is 2.38. The zero-order chi connectivity index (χ0) is 13.2. The average Bonchev–Trinajstić information content (AvgIpc) is 2.36. The van der Waals surface area contributed by atoms with Crippen molar-refractivity contribution in [1.29, 1.82) is 0 Å². The van der Waals surface area contributed by atoms with Crippen LogP contribution in [0.25, 0.3) is 6.08 Å². The van der Waals surface area contributed by atoms with E-state index in [0.29, 0.717) is 25.3 Å². The molecule has 0 aromatic heterocycles. The second-order valence-corrected chi connectivity index (χ2v) is 3.73. The summed E-state index contributed by atoms with van der Waals surface area (Å²) in [5, 5.41) is 2.73. The van der Waals surface area contributed by atoms with Gasteiger partial charge in [-0.1, -0.05) is 12.1 Å². The minimum atomic E-state index is -0.311. The number of benzene rings is 1. The number of carbonyl (C=O) groups excluding carboxylic acids is 1. The minimum Gasteiger partial charge on any atom is -0.382 e. The number of hydrogen-bond acceptors (Lipinski definition) is 2. The summed E-state index contributed by atoms with van der Waals surface area (Å²) in [6.45, 7) is 3.84. The molecule has 98 valence electrons. The van der Waals surface area contributed by atoms with Crippen LogP contribution in [0.3, 0.4) is 0 Å². The summed E-state index contributed by atoms with van der Waals surface area (Å²) in [5.74, 6) is -0.495. The Hall–Kier alpha value is -1.68. The number of carbonyl (C=O) groups is 1. The van der Waals surface area contributed by atoms with Gasteiger partial charge >= 0.3 is 0 Å². The summed E-state index contributed by atoms with van der Waals surface area (Å²) >= 11 is 0. The maximum absolute atomic E-state index is 12.9. The number of halogens is 1. The van der Waals surface area contributed by atoms with E-state index in [9.17, 15) is 9.18 Å². The summed E-state index contributed by atoms with van der Waals surface area (Å²) in [6, 6.07) is 6.08. The van der Waals surface area contributed by atoms with E-state index >= 15 is 0 Å². The van der Waals surface area contributed by atoms with Gasteiger partial charge in [-0.15, -0.1) is 0 Å². The smallest absolute Gasteiger partial charge is 0.244 e. The van der Waals surface area contributed by atoms with Crippen LogP contribution in [-0.4, -0.2) is 25.7 Å². The van der Waals surface area contributed by atoms with Crippen LogP contribution in [0.4, 0.5) is 4.39 Å². The van der Waals surface area contributed by atoms with Crippen LogP contribution in [0.15, 0.2) is 30.3 Å². The largest absolute Gasteiger partial charge is 0.382 e. The van der Waals surface area contributed by atoms with E-state index in [1.54, 1.807) is 18.2 Å². The predicted molar refractivity (Wildman–Crippen MR) is 69.6 cm³/mol. The molecule has 0 aliphatic heterocycles. The number of amides is 1. The number of rotatable bonds is 7. The Bertz CT molecular complexity index is 405. The summed E-state index contributed by atoms with van der Waals surface area (Å²) in [7, 11) is 0. The molecule has 0 aliphatic carbocycles. The van der Waals surface area contributed by atoms with Gasteiger partial charge in [0.1, 0.15) is 5.82 Å². The monoisotopic (exact) mass is 251 g/mol. The minimum absolute atomic E-state index is 0.184. The summed E-state index contributed by atoms with van der Waals surface area (Å²) in [5.41, 5.74) is 0.666. The third-order valence-corrected chi connectivity index (χ3v) is 2.24. The fourth-order valence-corrected chi connectivity index (χ4v) is 1.37. The van der Waals surface area contributed by atoms with Gasteiger partial charge in [-0.25, -0.2) is 4.39 Å². The Morgan fingerprint density at radius 1 is 1.50 bits per heavy atom. The van der Waals surface area contributed by atoms with Crippen LogP contribution in [0.2, 0.25) is 0 Å². The fourth-order valence-electron chi connectivity index (χ4n) is 1.37. The summed E-state index contributed by atoms with van der Waals surface area (Å²) in [6.07, 6.45) is 3.77. The van der Waals surface area contributed by atoms with Crippen molar-refractivity contribution in [3.8, 4) is 0 Å². The zero-order valence-corrected chi connectivity index (χ0v) is 10.5. The number of nitrogens with one attached hydrogen (secondary N) is 1. The molecule has 18 heavy (non-hydrogen) atoms. The standard InChI is InChI=1S/C14H18FNO2/c1-2-18-10-4-9-16-14(17)8-7-12-5-3-6-13(15)11-12/h3,5-8,11H,2,4,9-10H2,1H3,(H,16,17). The van der Waals surface area contributed by atoms with E-state index in [4.69, 9.17) is 4.74 Å². The van der Waals surface area contributed by atoms with Gasteiger partial charge in [0.2, 0.25) is 5.91 Å². The summed E-state index contributed by atoms with van der Waals surface area (Å²) in [4.78, 5) is 11.4. The van der Waals surface area contributed by atoms with Crippen LogP contribution in [0, 0.1) is 5.82 Å². The van der Waals surface area contributed by atoms with E-state index in [-0.39, 0.29) is 11.7 Å². The topological polar surface area (TPSA) is 38.3 Å². The van der Waals surface area contributed by atoms with Crippen molar-refractivity contribution in [2.75, 3.05) is 19.8 Å². The molecule has 3 nitrogen and oxygen atoms in total. The van der Waals surface area contributed by atoms with Crippen molar-refractivity contribution in [2.45, 2.75) is 13.3 Å². The normalized spacial score (nSPS) is 10.8. The Balaban J connectivity index is 2.27. The molecule has 0 aliphatic rings. The lowest BCUT2D eigenvalue weighted by atomic mass is 10.2. The van der Waals surface area contributed by atoms with E-state index in [1.165, 1.54) is 18.2 Å². The SMILES string of the molecule is CCOCCCNC(=O)C=Cc1cccc(F)c1. The van der Waals surface area contributed by atoms with Crippen LogP contribution in [0.5, 0.6) is 0 Å². The molecular formula is C14H18FNO2. The molecule has 0 spiro atoms. The molecule has 0 saturated carbocycles. The van der Waals surface area contributed by atoms with Gasteiger partial charge in [0.25, 0.3) is 0 Å². The molecule has 0 atom stereocenters. The third-order valence-electron chi connectivity index (χ3n) is 2.24. The third kappa shape index (κ3) is 6.15. The lowest BCUT2D eigenvalue weighted by molar-refractivity contribution is -0.116. The fraction of sp³-hybridized carbons (Fsp3) is 0.357. The van der Waals surface area contributed by atoms with Gasteiger partial charge in [0.05, 0.1) is 0 Å². The first-order valence-corrected chi connectivity index (χ1v) is 6.01. The maximum atomic E-state index is 12.9. The molecule has 1 aromatic rings. The van der Waals surface area contributed by atoms with Gasteiger partial charge in [-0.05, 0) is 37.1 Å². The molecular weight excluding hydrogens is 233 g/mol. The van der Waals surface area contributed by atoms with Crippen LogP contribution in [0.1, 0.15) is 18.9 Å². The maximum Gasteiger partial charge on any atom is 0.244 e. The van der Waals surface area contributed by atoms with Gasteiger partial charge in [-0.3, -0.25) is 4.79 Å². The van der Waals surface area contributed by atoms with Gasteiger partial charge < -0.3 is 10.1 Å². The first-order valence-electron chi connectivity index (χ1n) is 6.01. The second kappa shape index (κ2) is 8.42. The highest BCUT2D eigenvalue weighted by atomic mass is 19.1. The summed E-state index contributed by atoms with van der Waals surface area (Å²) < 4.78 is 18.0. The number of hydrogen-bond donors (Lipinski definition) is 1. The molecule has 0 fully saturated rings. The van der Waals surface area contributed by atoms with Gasteiger partial charge in [0, 0.05) is 25.8 Å². The van der Waals surface area contributed by atoms with Crippen LogP contribution >= 0.6 is 0 Å². The van der Waals surface area contributed by atoms with Crippen molar-refractivity contribution in [2.24, 2.45) is 0 Å². The lowest BCUT2D eigenvalue weighted by Crippen LogP contribution is -2.23. The van der Waals surface area contributed by atoms with Crippen LogP contribution < -0.4 is 5.32 Å². The molecule has 4 heteroatoms. The molecule has 0 unspecified atom stereocenters. The van der Waals surface area contributed by atoms with Gasteiger partial charge in [0.15, 0.2) is 0 Å². The first kappa shape index (κ1) is 14.4. The highest BCUT2D eigenvalue weighted by molar-refractivity contribution is 5.91. The molecule has 1 rings (SSSR count). The van der Waals surface area contributed by atoms with Gasteiger partial charge in [-0.2, -0.15) is 0 Å². The van der Waals surface area contributed by atoms with Crippen molar-refractivity contribution in [3.05, 3.63) is 41.7 Å². The number of ether oxygens (including phenoxy) is 1. The van der Waals surface area contributed by atoms with E-state index < -0.39 is 0 Å². The Kier molecular flexibility index (Phi) is 6.72. The van der Waals surface area contributed by atoms with E-state index in [0.717, 1.165) is 6.42 Å². The highest BCUT2D eigenvalue weighted by Gasteiger charge is 1.95. The lowest BCUT2D eigenvalue weighted by Gasteiger charge is -2.02. The molecule has 1 N–H and O–H groups in total. The second-order valence-electron chi connectivity index (χ2n) is 3.73. The zero-order valence-electron chi connectivity index (χ0n) is 10.5. The average molecular weight is 251 g/mol. The Labute approximate surface area is 107 Å². The molecule has 0 saturated heterocycles. The molecule has 1 aromatic carbocycles. The molecule has 0 radical (unpaired) electrons. The Morgan fingerprint density at radius 2 is 2.33 bits per heavy atom. The quantitative estimate of drug-likeness (QED) is 0.597. The highest BCUT2D eigenvalue weighted by Crippen LogP contribution is 2.04. The van der Waals surface area contributed by atoms with E-state index in [2.05, 4.69) is 5.32 Å². The molecule has 1 amide bonds. The van der Waals surface area contributed by atoms with E-state index in [1.807, 2.05) is 6.92 Å². The van der Waals surface area contributed by atoms with Crippen molar-refractivity contribution in [1.82, 2.24) is 5.32 Å².